The molecule has 10 nitrogen and oxygen atoms in total. The number of H-pyrrole nitrogens is 1. The molecule has 3 N–H and O–H groups in total. The maximum absolute atomic E-state index is 11.7. The molecule has 2 rings (SSSR count). The van der Waals surface area contributed by atoms with E-state index in [0.29, 0.717) is 5.56 Å². The molecule has 148 valence electrons. The molecule has 0 aliphatic heterocycles. The summed E-state index contributed by atoms with van der Waals surface area (Å²) in [6, 6.07) is 3.96. The van der Waals surface area contributed by atoms with Crippen molar-refractivity contribution < 1.29 is 33.4 Å². The molecule has 0 amide bonds. The van der Waals surface area contributed by atoms with Crippen LogP contribution in [-0.4, -0.2) is 26.8 Å². The summed E-state index contributed by atoms with van der Waals surface area (Å²) < 4.78 is 19.7. The Labute approximate surface area is 163 Å². The molecular formula is C14H15Cl2N2O8P. The molecule has 27 heavy (non-hydrogen) atoms. The zero-order valence-corrected chi connectivity index (χ0v) is 16.4. The molecule has 1 aromatic carbocycles. The van der Waals surface area contributed by atoms with Gasteiger partial charge in [0.15, 0.2) is 6.79 Å². The first-order valence-corrected chi connectivity index (χ1v) is 9.61. The van der Waals surface area contributed by atoms with Gasteiger partial charge in [-0.25, -0.2) is 14.2 Å². The van der Waals surface area contributed by atoms with Gasteiger partial charge in [-0.2, -0.15) is 0 Å². The molecule has 0 unspecified atom stereocenters. The Morgan fingerprint density at radius 3 is 2.37 bits per heavy atom. The maximum atomic E-state index is 11.7. The molecule has 1 heterocycles. The Morgan fingerprint density at radius 1 is 1.19 bits per heavy atom. The lowest BCUT2D eigenvalue weighted by atomic mass is 10.1. The molecule has 0 saturated carbocycles. The Bertz CT molecular complexity index is 891. The van der Waals surface area contributed by atoms with E-state index in [1.54, 1.807) is 0 Å². The minimum Gasteiger partial charge on any atom is -0.467 e. The van der Waals surface area contributed by atoms with Crippen molar-refractivity contribution in [3.8, 4) is 17.4 Å². The number of rotatable bonds is 8. The fourth-order valence-electron chi connectivity index (χ4n) is 1.82. The first-order chi connectivity index (χ1) is 12.6. The van der Waals surface area contributed by atoms with Crippen molar-refractivity contribution in [2.45, 2.75) is 19.8 Å². The van der Waals surface area contributed by atoms with Gasteiger partial charge >= 0.3 is 7.82 Å². The van der Waals surface area contributed by atoms with Crippen LogP contribution < -0.4 is 20.1 Å². The summed E-state index contributed by atoms with van der Waals surface area (Å²) in [6.07, 6.45) is 0. The average Bonchev–Trinajstić information content (AvgIpc) is 2.54. The van der Waals surface area contributed by atoms with Gasteiger partial charge in [0, 0.05) is 23.8 Å². The van der Waals surface area contributed by atoms with E-state index in [2.05, 4.69) is 14.7 Å². The van der Waals surface area contributed by atoms with Gasteiger partial charge in [-0.05, 0) is 5.92 Å². The molecule has 0 aliphatic rings. The van der Waals surface area contributed by atoms with Crippen LogP contribution in [0, 0.1) is 0 Å². The van der Waals surface area contributed by atoms with Gasteiger partial charge in [0.2, 0.25) is 5.75 Å². The Hall–Kier alpha value is -1.81. The fraction of sp³-hybridized carbons (Fsp3) is 0.286. The molecule has 1 aromatic heterocycles. The third kappa shape index (κ3) is 6.39. The first kappa shape index (κ1) is 21.5. The van der Waals surface area contributed by atoms with Crippen molar-refractivity contribution >= 4 is 31.0 Å². The van der Waals surface area contributed by atoms with Crippen molar-refractivity contribution in [3.63, 3.8) is 0 Å². The minimum absolute atomic E-state index is 0.0119. The number of halogens is 2. The SMILES string of the molecule is CC(C)c1cc(OOc2c(Cl)cc(OCOP(=O)(O)O)cc2Cl)n[nH]c1=O. The second-order valence-corrected chi connectivity index (χ2v) is 7.46. The number of phosphoric ester groups is 1. The van der Waals surface area contributed by atoms with Gasteiger partial charge in [-0.3, -0.25) is 14.6 Å². The quantitative estimate of drug-likeness (QED) is 0.244. The van der Waals surface area contributed by atoms with E-state index in [-0.39, 0.29) is 38.9 Å². The van der Waals surface area contributed by atoms with Gasteiger partial charge < -0.3 is 14.5 Å². The topological polar surface area (TPSA) is 140 Å². The van der Waals surface area contributed by atoms with Crippen LogP contribution in [-0.2, 0) is 9.09 Å². The second kappa shape index (κ2) is 8.92. The van der Waals surface area contributed by atoms with E-state index in [4.69, 9.17) is 47.5 Å². The smallest absolute Gasteiger partial charge is 0.467 e. The average molecular weight is 441 g/mol. The Kier molecular flexibility index (Phi) is 7.10. The highest BCUT2D eigenvalue weighted by atomic mass is 35.5. The number of hydrogen-bond acceptors (Lipinski definition) is 7. The summed E-state index contributed by atoms with van der Waals surface area (Å²) in [7, 11) is -4.66. The highest BCUT2D eigenvalue weighted by Crippen LogP contribution is 2.38. The number of ether oxygens (including phenoxy) is 1. The van der Waals surface area contributed by atoms with Gasteiger partial charge in [-0.1, -0.05) is 37.0 Å². The lowest BCUT2D eigenvalue weighted by Crippen LogP contribution is -2.16. The van der Waals surface area contributed by atoms with E-state index in [9.17, 15) is 9.36 Å². The summed E-state index contributed by atoms with van der Waals surface area (Å²) in [5.41, 5.74) is 0.113. The van der Waals surface area contributed by atoms with Crippen molar-refractivity contribution in [3.05, 3.63) is 44.2 Å². The number of nitrogens with zero attached hydrogens (tertiary/aromatic N) is 1. The molecular weight excluding hydrogens is 426 g/mol. The third-order valence-corrected chi connectivity index (χ3v) is 4.06. The molecule has 2 aromatic rings. The van der Waals surface area contributed by atoms with E-state index in [1.165, 1.54) is 18.2 Å². The van der Waals surface area contributed by atoms with E-state index >= 15 is 0 Å². The number of hydrogen-bond donors (Lipinski definition) is 3. The van der Waals surface area contributed by atoms with Crippen LogP contribution in [0.1, 0.15) is 25.3 Å². The summed E-state index contributed by atoms with van der Waals surface area (Å²) in [5.74, 6) is -0.0466. The third-order valence-electron chi connectivity index (χ3n) is 3.06. The highest BCUT2D eigenvalue weighted by molar-refractivity contribution is 7.46. The molecule has 13 heteroatoms. The number of nitrogens with one attached hydrogen (secondary N) is 1. The summed E-state index contributed by atoms with van der Waals surface area (Å²) in [5, 5.41) is 5.95. The monoisotopic (exact) mass is 440 g/mol. The fourth-order valence-corrected chi connectivity index (χ4v) is 2.54. The van der Waals surface area contributed by atoms with E-state index in [0.717, 1.165) is 0 Å². The van der Waals surface area contributed by atoms with Crippen LogP contribution in [0.25, 0.3) is 0 Å². The molecule has 0 fully saturated rings. The maximum Gasteiger partial charge on any atom is 0.472 e. The first-order valence-electron chi connectivity index (χ1n) is 7.33. The van der Waals surface area contributed by atoms with Crippen molar-refractivity contribution in [2.24, 2.45) is 0 Å². The summed E-state index contributed by atoms with van der Waals surface area (Å²) in [4.78, 5) is 39.0. The predicted molar refractivity (Wildman–Crippen MR) is 95.3 cm³/mol. The van der Waals surface area contributed by atoms with Gasteiger partial charge in [0.1, 0.15) is 5.75 Å². The Balaban J connectivity index is 2.08. The summed E-state index contributed by atoms with van der Waals surface area (Å²) >= 11 is 12.1. The number of aromatic amines is 1. The van der Waals surface area contributed by atoms with Crippen LogP contribution in [0.15, 0.2) is 23.0 Å². The largest absolute Gasteiger partial charge is 0.472 e. The number of aromatic nitrogens is 2. The number of benzene rings is 1. The predicted octanol–water partition coefficient (Wildman–Crippen LogP) is 3.02. The molecule has 0 aliphatic carbocycles. The van der Waals surface area contributed by atoms with Gasteiger partial charge in [-0.15, -0.1) is 5.10 Å². The van der Waals surface area contributed by atoms with Crippen molar-refractivity contribution in [1.82, 2.24) is 10.2 Å². The lowest BCUT2D eigenvalue weighted by molar-refractivity contribution is -0.105. The van der Waals surface area contributed by atoms with Crippen molar-refractivity contribution in [1.29, 1.82) is 0 Å². The van der Waals surface area contributed by atoms with Crippen LogP contribution >= 0.6 is 31.0 Å². The van der Waals surface area contributed by atoms with Crippen LogP contribution in [0.2, 0.25) is 10.0 Å². The minimum atomic E-state index is -4.66. The molecule has 0 atom stereocenters. The van der Waals surface area contributed by atoms with Gasteiger partial charge in [0.05, 0.1) is 10.0 Å². The van der Waals surface area contributed by atoms with Crippen LogP contribution in [0.3, 0.4) is 0 Å². The normalized spacial score (nSPS) is 11.5. The zero-order valence-electron chi connectivity index (χ0n) is 14.0. The van der Waals surface area contributed by atoms with Gasteiger partial charge in [0.25, 0.3) is 11.4 Å². The van der Waals surface area contributed by atoms with Crippen LogP contribution in [0.4, 0.5) is 0 Å². The molecule has 0 saturated heterocycles. The Morgan fingerprint density at radius 2 is 1.81 bits per heavy atom. The van der Waals surface area contributed by atoms with E-state index in [1.807, 2.05) is 13.8 Å². The van der Waals surface area contributed by atoms with Crippen molar-refractivity contribution in [2.75, 3.05) is 6.79 Å². The summed E-state index contributed by atoms with van der Waals surface area (Å²) in [6.45, 7) is 2.95. The van der Waals surface area contributed by atoms with Crippen LogP contribution in [0.5, 0.6) is 17.4 Å². The molecule has 0 radical (unpaired) electrons. The zero-order chi connectivity index (χ0) is 20.2. The standard InChI is InChI=1S/C14H15Cl2N2O8P/c1-7(2)9-5-12(17-18-14(9)19)25-26-13-10(15)3-8(4-11(13)16)23-6-24-27(20,21)22/h3-5,7H,6H2,1-2H3,(H,18,19)(H2,20,21,22). The lowest BCUT2D eigenvalue weighted by Gasteiger charge is -2.12. The number of phosphoric acid groups is 1. The second-order valence-electron chi connectivity index (χ2n) is 5.41. The highest BCUT2D eigenvalue weighted by Gasteiger charge is 2.17. The molecule has 0 bridgehead atoms. The molecule has 0 spiro atoms. The van der Waals surface area contributed by atoms with E-state index < -0.39 is 14.6 Å².